The van der Waals surface area contributed by atoms with Gasteiger partial charge in [-0.1, -0.05) is 42.0 Å². The normalized spacial score (nSPS) is 13.3. The molecule has 3 aromatic rings. The first-order valence-corrected chi connectivity index (χ1v) is 12.0. The van der Waals surface area contributed by atoms with E-state index >= 15 is 0 Å². The van der Waals surface area contributed by atoms with Crippen LogP contribution in [0.1, 0.15) is 18.1 Å². The molecule has 0 radical (unpaired) electrons. The number of aryl methyl sites for hydroxylation is 1. The standard InChI is InChI=1S/C28H32N4O3/c1-3-35-26-10-5-4-9-25(26)30-28(34)29-23-11-13-24(14-12-23)31-15-17-32(18-16-31)27(33)20-22-8-6-7-21(2)19-22/h4-14,19H,3,15-18,20H2,1-2H3,(H2,29,30,34). The van der Waals surface area contributed by atoms with Crippen LogP contribution < -0.4 is 20.3 Å². The third-order valence-electron chi connectivity index (χ3n) is 6.00. The number of hydrogen-bond acceptors (Lipinski definition) is 4. The summed E-state index contributed by atoms with van der Waals surface area (Å²) in [4.78, 5) is 29.4. The van der Waals surface area contributed by atoms with E-state index in [0.717, 1.165) is 24.3 Å². The molecule has 2 N–H and O–H groups in total. The van der Waals surface area contributed by atoms with Gasteiger partial charge in [0.15, 0.2) is 0 Å². The molecule has 35 heavy (non-hydrogen) atoms. The molecule has 4 rings (SSSR count). The molecule has 0 aromatic heterocycles. The van der Waals surface area contributed by atoms with Gasteiger partial charge in [0.05, 0.1) is 18.7 Å². The summed E-state index contributed by atoms with van der Waals surface area (Å²) in [6.45, 7) is 7.43. The molecule has 1 aliphatic rings. The average Bonchev–Trinajstić information content (AvgIpc) is 2.86. The number of piperazine rings is 1. The maximum absolute atomic E-state index is 12.7. The van der Waals surface area contributed by atoms with Crippen LogP contribution in [0.5, 0.6) is 5.75 Å². The van der Waals surface area contributed by atoms with E-state index < -0.39 is 0 Å². The number of carbonyl (C=O) groups excluding carboxylic acids is 2. The van der Waals surface area contributed by atoms with Crippen molar-refractivity contribution in [2.75, 3.05) is 48.3 Å². The van der Waals surface area contributed by atoms with Gasteiger partial charge in [0.1, 0.15) is 5.75 Å². The number of ether oxygens (including phenoxy) is 1. The van der Waals surface area contributed by atoms with Gasteiger partial charge >= 0.3 is 6.03 Å². The van der Waals surface area contributed by atoms with E-state index in [1.165, 1.54) is 5.56 Å². The zero-order valence-corrected chi connectivity index (χ0v) is 20.3. The number of amides is 3. The number of para-hydroxylation sites is 2. The largest absolute Gasteiger partial charge is 0.492 e. The molecule has 0 aliphatic carbocycles. The number of benzene rings is 3. The van der Waals surface area contributed by atoms with E-state index in [-0.39, 0.29) is 11.9 Å². The molecule has 182 valence electrons. The maximum atomic E-state index is 12.7. The lowest BCUT2D eigenvalue weighted by Gasteiger charge is -2.36. The molecule has 1 heterocycles. The van der Waals surface area contributed by atoms with Crippen molar-refractivity contribution in [1.82, 2.24) is 4.90 Å². The molecule has 7 heteroatoms. The fourth-order valence-electron chi connectivity index (χ4n) is 4.21. The molecular weight excluding hydrogens is 440 g/mol. The summed E-state index contributed by atoms with van der Waals surface area (Å²) >= 11 is 0. The van der Waals surface area contributed by atoms with E-state index in [9.17, 15) is 9.59 Å². The summed E-state index contributed by atoms with van der Waals surface area (Å²) < 4.78 is 5.56. The fraction of sp³-hybridized carbons (Fsp3) is 0.286. The maximum Gasteiger partial charge on any atom is 0.323 e. The molecule has 0 spiro atoms. The topological polar surface area (TPSA) is 73.9 Å². The highest BCUT2D eigenvalue weighted by molar-refractivity contribution is 6.00. The van der Waals surface area contributed by atoms with Gasteiger partial charge in [-0.3, -0.25) is 4.79 Å². The molecule has 0 atom stereocenters. The van der Waals surface area contributed by atoms with Gasteiger partial charge in [-0.05, 0) is 55.8 Å². The molecule has 3 aromatic carbocycles. The Morgan fingerprint density at radius 1 is 0.886 bits per heavy atom. The van der Waals surface area contributed by atoms with E-state index in [0.29, 0.717) is 43.2 Å². The second-order valence-electron chi connectivity index (χ2n) is 8.59. The Morgan fingerprint density at radius 3 is 2.34 bits per heavy atom. The second kappa shape index (κ2) is 11.4. The Kier molecular flexibility index (Phi) is 7.88. The molecule has 0 bridgehead atoms. The Hall–Kier alpha value is -4.00. The minimum atomic E-state index is -0.328. The molecule has 1 saturated heterocycles. The zero-order valence-electron chi connectivity index (χ0n) is 20.3. The quantitative estimate of drug-likeness (QED) is 0.511. The number of urea groups is 1. The number of nitrogens with one attached hydrogen (secondary N) is 2. The van der Waals surface area contributed by atoms with Gasteiger partial charge in [-0.25, -0.2) is 4.79 Å². The van der Waals surface area contributed by atoms with E-state index in [1.807, 2.05) is 79.4 Å². The van der Waals surface area contributed by atoms with Crippen molar-refractivity contribution in [1.29, 1.82) is 0 Å². The first-order chi connectivity index (χ1) is 17.0. The highest BCUT2D eigenvalue weighted by Gasteiger charge is 2.21. The molecule has 0 unspecified atom stereocenters. The average molecular weight is 473 g/mol. The predicted molar refractivity (Wildman–Crippen MR) is 140 cm³/mol. The van der Waals surface area contributed by atoms with Gasteiger partial charge in [-0.15, -0.1) is 0 Å². The Labute approximate surface area is 206 Å². The van der Waals surface area contributed by atoms with E-state index in [1.54, 1.807) is 6.07 Å². The SMILES string of the molecule is CCOc1ccccc1NC(=O)Nc1ccc(N2CCN(C(=O)Cc3cccc(C)c3)CC2)cc1. The van der Waals surface area contributed by atoms with Crippen LogP contribution in [-0.2, 0) is 11.2 Å². The van der Waals surface area contributed by atoms with Crippen molar-refractivity contribution in [3.63, 3.8) is 0 Å². The second-order valence-corrected chi connectivity index (χ2v) is 8.59. The first kappa shape index (κ1) is 24.1. The van der Waals surface area contributed by atoms with Gasteiger partial charge < -0.3 is 25.2 Å². The molecule has 1 aliphatic heterocycles. The monoisotopic (exact) mass is 472 g/mol. The summed E-state index contributed by atoms with van der Waals surface area (Å²) in [5, 5.41) is 5.70. The number of nitrogens with zero attached hydrogens (tertiary/aromatic N) is 2. The summed E-state index contributed by atoms with van der Waals surface area (Å²) in [6.07, 6.45) is 0.444. The summed E-state index contributed by atoms with van der Waals surface area (Å²) in [5.74, 6) is 0.809. The fourth-order valence-corrected chi connectivity index (χ4v) is 4.21. The van der Waals surface area contributed by atoms with Crippen molar-refractivity contribution < 1.29 is 14.3 Å². The summed E-state index contributed by atoms with van der Waals surface area (Å²) in [6, 6.07) is 22.9. The minimum Gasteiger partial charge on any atom is -0.492 e. The Bertz CT molecular complexity index is 1150. The minimum absolute atomic E-state index is 0.173. The van der Waals surface area contributed by atoms with E-state index in [2.05, 4.69) is 21.6 Å². The lowest BCUT2D eigenvalue weighted by molar-refractivity contribution is -0.130. The molecular formula is C28H32N4O3. The smallest absolute Gasteiger partial charge is 0.323 e. The van der Waals surface area contributed by atoms with Crippen LogP contribution in [0.2, 0.25) is 0 Å². The highest BCUT2D eigenvalue weighted by Crippen LogP contribution is 2.24. The number of rotatable bonds is 7. The van der Waals surface area contributed by atoms with Crippen LogP contribution in [-0.4, -0.2) is 49.6 Å². The number of hydrogen-bond donors (Lipinski definition) is 2. The Balaban J connectivity index is 1.27. The van der Waals surface area contributed by atoms with Crippen molar-refractivity contribution >= 4 is 29.0 Å². The molecule has 3 amide bonds. The van der Waals surface area contributed by atoms with Gasteiger partial charge in [0.25, 0.3) is 0 Å². The molecule has 0 saturated carbocycles. The number of anilines is 3. The number of carbonyl (C=O) groups is 2. The molecule has 1 fully saturated rings. The van der Waals surface area contributed by atoms with Crippen molar-refractivity contribution in [3.05, 3.63) is 83.9 Å². The lowest BCUT2D eigenvalue weighted by Crippen LogP contribution is -2.49. The van der Waals surface area contributed by atoms with Crippen molar-refractivity contribution in [2.45, 2.75) is 20.3 Å². The van der Waals surface area contributed by atoms with Crippen LogP contribution >= 0.6 is 0 Å². The predicted octanol–water partition coefficient (Wildman–Crippen LogP) is 4.93. The van der Waals surface area contributed by atoms with Crippen LogP contribution in [0.4, 0.5) is 21.9 Å². The van der Waals surface area contributed by atoms with Gasteiger partial charge in [0, 0.05) is 37.6 Å². The van der Waals surface area contributed by atoms with Crippen LogP contribution in [0.25, 0.3) is 0 Å². The lowest BCUT2D eigenvalue weighted by atomic mass is 10.1. The van der Waals surface area contributed by atoms with E-state index in [4.69, 9.17) is 4.74 Å². The third kappa shape index (κ3) is 6.53. The van der Waals surface area contributed by atoms with Crippen molar-refractivity contribution in [2.24, 2.45) is 0 Å². The zero-order chi connectivity index (χ0) is 24.6. The summed E-state index contributed by atoms with van der Waals surface area (Å²) in [7, 11) is 0. The third-order valence-corrected chi connectivity index (χ3v) is 6.00. The van der Waals surface area contributed by atoms with Gasteiger partial charge in [-0.2, -0.15) is 0 Å². The summed E-state index contributed by atoms with van der Waals surface area (Å²) in [5.41, 5.74) is 4.63. The van der Waals surface area contributed by atoms with Gasteiger partial charge in [0.2, 0.25) is 5.91 Å². The van der Waals surface area contributed by atoms with Crippen LogP contribution in [0.15, 0.2) is 72.8 Å². The first-order valence-electron chi connectivity index (χ1n) is 12.0. The Morgan fingerprint density at radius 2 is 1.63 bits per heavy atom. The van der Waals surface area contributed by atoms with Crippen LogP contribution in [0.3, 0.4) is 0 Å². The van der Waals surface area contributed by atoms with Crippen LogP contribution in [0, 0.1) is 6.92 Å². The van der Waals surface area contributed by atoms with Crippen molar-refractivity contribution in [3.8, 4) is 5.75 Å². The highest BCUT2D eigenvalue weighted by atomic mass is 16.5. The molecule has 7 nitrogen and oxygen atoms in total.